The van der Waals surface area contributed by atoms with Crippen molar-refractivity contribution in [2.45, 2.75) is 122 Å². The maximum absolute atomic E-state index is 3.90. The van der Waals surface area contributed by atoms with Crippen LogP contribution in [-0.4, -0.2) is 15.0 Å². The van der Waals surface area contributed by atoms with Gasteiger partial charge in [0.05, 0.1) is 0 Å². The van der Waals surface area contributed by atoms with Crippen LogP contribution in [0.5, 0.6) is 0 Å². The van der Waals surface area contributed by atoms with Crippen LogP contribution in [0.1, 0.15) is 146 Å². The molecule has 0 atom stereocenters. The monoisotopic (exact) mass is 663 g/mol. The van der Waals surface area contributed by atoms with E-state index in [0.717, 1.165) is 6.42 Å². The summed E-state index contributed by atoms with van der Waals surface area (Å²) in [6.45, 7) is 28.1. The summed E-state index contributed by atoms with van der Waals surface area (Å²) < 4.78 is 0. The highest BCUT2D eigenvalue weighted by Gasteiger charge is 2.37. The first kappa shape index (κ1) is 34.2. The molecule has 5 aliphatic rings. The average Bonchev–Trinajstić information content (AvgIpc) is 3.91. The van der Waals surface area contributed by atoms with Gasteiger partial charge in [-0.05, 0) is 78.9 Å². The largest absolute Gasteiger partial charge is 0.361 e. The number of nitrogens with one attached hydrogen (secondary N) is 3. The first-order chi connectivity index (χ1) is 23.3. The number of allylic oxidation sites excluding steroid dienone is 4. The van der Waals surface area contributed by atoms with E-state index in [9.17, 15) is 0 Å². The minimum atomic E-state index is -0.221. The Hall–Kier alpha value is -4.24. The fraction of sp³-hybridized carbons (Fsp3) is 0.404. The van der Waals surface area contributed by atoms with E-state index in [0.29, 0.717) is 0 Å². The molecule has 50 heavy (non-hydrogen) atoms. The van der Waals surface area contributed by atoms with E-state index in [2.05, 4.69) is 195 Å². The first-order valence-electron chi connectivity index (χ1n) is 18.5. The van der Waals surface area contributed by atoms with E-state index in [-0.39, 0.29) is 32.5 Å². The van der Waals surface area contributed by atoms with Crippen LogP contribution in [0.3, 0.4) is 0 Å². The summed E-state index contributed by atoms with van der Waals surface area (Å²) in [6, 6.07) is 32.4. The zero-order valence-electron chi connectivity index (χ0n) is 32.4. The van der Waals surface area contributed by atoms with Crippen LogP contribution in [-0.2, 0) is 32.5 Å². The quantitative estimate of drug-likeness (QED) is 0.148. The van der Waals surface area contributed by atoms with E-state index in [1.54, 1.807) is 0 Å². The smallest absolute Gasteiger partial charge is 0.0447 e. The van der Waals surface area contributed by atoms with E-state index < -0.39 is 0 Å². The second kappa shape index (κ2) is 11.1. The highest BCUT2D eigenvalue weighted by Crippen LogP contribution is 2.46. The molecule has 5 aromatic rings. The molecule has 4 aliphatic heterocycles. The van der Waals surface area contributed by atoms with Gasteiger partial charge in [-0.15, -0.1) is 0 Å². The summed E-state index contributed by atoms with van der Waals surface area (Å²) in [4.78, 5) is 11.6. The van der Waals surface area contributed by atoms with E-state index in [4.69, 9.17) is 0 Å². The SMILES string of the molecule is CC1(C)C2=CC=C(C2)C(C)(C)c2ccc([nH]2)C(C)(C)c2ccc(cc2)C(C)(C)c2ccc([nH]2)C(C)(C)c2ccc([nH]2)C(C)(C)c2ccc1cc2. The summed E-state index contributed by atoms with van der Waals surface area (Å²) in [6.07, 6.45) is 5.74. The van der Waals surface area contributed by atoms with Gasteiger partial charge in [-0.3, -0.25) is 0 Å². The molecule has 3 N–H and O–H groups in total. The fourth-order valence-corrected chi connectivity index (χ4v) is 8.33. The molecule has 0 amide bonds. The topological polar surface area (TPSA) is 47.4 Å². The molecule has 0 radical (unpaired) electrons. The van der Waals surface area contributed by atoms with Crippen LogP contribution in [0.4, 0.5) is 0 Å². The number of rotatable bonds is 0. The third-order valence-corrected chi connectivity index (χ3v) is 13.2. The van der Waals surface area contributed by atoms with Gasteiger partial charge in [-0.1, -0.05) is 141 Å². The summed E-state index contributed by atoms with van der Waals surface area (Å²) >= 11 is 0. The van der Waals surface area contributed by atoms with Crippen molar-refractivity contribution >= 4 is 0 Å². The molecule has 2 aromatic carbocycles. The minimum absolute atomic E-state index is 0.0792. The number of hydrogen-bond acceptors (Lipinski definition) is 0. The number of hydrogen-bond donors (Lipinski definition) is 3. The second-order valence-electron chi connectivity index (χ2n) is 18.3. The third kappa shape index (κ3) is 5.22. The lowest BCUT2D eigenvalue weighted by Crippen LogP contribution is -2.26. The van der Waals surface area contributed by atoms with Crippen LogP contribution >= 0.6 is 0 Å². The summed E-state index contributed by atoms with van der Waals surface area (Å²) in [5, 5.41) is 0. The van der Waals surface area contributed by atoms with Gasteiger partial charge in [0.1, 0.15) is 0 Å². The number of H-pyrrole nitrogens is 3. The van der Waals surface area contributed by atoms with E-state index in [1.807, 2.05) is 0 Å². The van der Waals surface area contributed by atoms with E-state index >= 15 is 0 Å². The van der Waals surface area contributed by atoms with Crippen LogP contribution in [0.25, 0.3) is 0 Å². The van der Waals surface area contributed by atoms with Gasteiger partial charge in [-0.25, -0.2) is 0 Å². The van der Waals surface area contributed by atoms with Gasteiger partial charge in [0.2, 0.25) is 0 Å². The van der Waals surface area contributed by atoms with Gasteiger partial charge in [0.25, 0.3) is 0 Å². The highest BCUT2D eigenvalue weighted by molar-refractivity contribution is 5.50. The molecule has 3 nitrogen and oxygen atoms in total. The third-order valence-electron chi connectivity index (χ3n) is 13.2. The average molecular weight is 664 g/mol. The Morgan fingerprint density at radius 3 is 0.860 bits per heavy atom. The summed E-state index contributed by atoms with van der Waals surface area (Å²) in [7, 11) is 0. The van der Waals surface area contributed by atoms with Crippen molar-refractivity contribution in [3.05, 3.63) is 165 Å². The van der Waals surface area contributed by atoms with Gasteiger partial charge in [-0.2, -0.15) is 0 Å². The van der Waals surface area contributed by atoms with Crippen molar-refractivity contribution in [3.8, 4) is 0 Å². The Labute approximate surface area is 300 Å². The molecular formula is C47H57N3. The number of benzene rings is 2. The summed E-state index contributed by atoms with van der Waals surface area (Å²) in [5.74, 6) is 0. The van der Waals surface area contributed by atoms with Gasteiger partial charge < -0.3 is 15.0 Å². The Balaban J connectivity index is 1.33. The van der Waals surface area contributed by atoms with Crippen LogP contribution in [0.15, 0.2) is 108 Å². The normalized spacial score (nSPS) is 21.1. The van der Waals surface area contributed by atoms with Crippen molar-refractivity contribution in [1.29, 1.82) is 0 Å². The van der Waals surface area contributed by atoms with Crippen molar-refractivity contribution in [2.75, 3.05) is 0 Å². The number of aromatic amines is 3. The molecule has 0 spiro atoms. The Kier molecular flexibility index (Phi) is 7.62. The predicted molar refractivity (Wildman–Crippen MR) is 211 cm³/mol. The lowest BCUT2D eigenvalue weighted by atomic mass is 9.72. The molecular weight excluding hydrogens is 607 g/mol. The molecule has 10 rings (SSSR count). The van der Waals surface area contributed by atoms with Crippen molar-refractivity contribution in [1.82, 2.24) is 15.0 Å². The van der Waals surface area contributed by atoms with Crippen molar-refractivity contribution < 1.29 is 0 Å². The van der Waals surface area contributed by atoms with Gasteiger partial charge in [0, 0.05) is 66.7 Å². The van der Waals surface area contributed by atoms with Gasteiger partial charge >= 0.3 is 0 Å². The van der Waals surface area contributed by atoms with E-state index in [1.165, 1.54) is 67.6 Å². The molecule has 0 fully saturated rings. The molecule has 0 saturated heterocycles. The number of aromatic nitrogens is 3. The molecule has 3 heteroatoms. The Morgan fingerprint density at radius 1 is 0.300 bits per heavy atom. The highest BCUT2D eigenvalue weighted by atomic mass is 14.8. The molecule has 0 saturated carbocycles. The van der Waals surface area contributed by atoms with Crippen molar-refractivity contribution in [3.63, 3.8) is 0 Å². The molecule has 3 aromatic heterocycles. The zero-order chi connectivity index (χ0) is 36.1. The maximum atomic E-state index is 3.90. The molecule has 260 valence electrons. The maximum Gasteiger partial charge on any atom is 0.0447 e. The molecule has 7 heterocycles. The molecule has 0 unspecified atom stereocenters. The standard InChI is InChI=1S/C47H57N3/c1-42(2)30-13-15-31(16-14-30)44(5,6)37-25-27-40(49-37)47(11,12)41-28-26-38(50-41)45(7,8)33-19-17-32(18-20-33)43(3,4)36-23-24-39(48-36)46(9,10)35-22-21-34(42)29-35/h13-28,48-50H,29H2,1-12H3. The Morgan fingerprint density at radius 2 is 0.540 bits per heavy atom. The predicted octanol–water partition coefficient (Wildman–Crippen LogP) is 11.8. The van der Waals surface area contributed by atoms with Gasteiger partial charge in [0.15, 0.2) is 0 Å². The summed E-state index contributed by atoms with van der Waals surface area (Å²) in [5.41, 5.74) is 14.6. The minimum Gasteiger partial charge on any atom is -0.361 e. The molecule has 12 bridgehead atoms. The first-order valence-corrected chi connectivity index (χ1v) is 18.5. The molecule has 1 aliphatic carbocycles. The second-order valence-corrected chi connectivity index (χ2v) is 18.3. The fourth-order valence-electron chi connectivity index (χ4n) is 8.33. The van der Waals surface area contributed by atoms with Crippen LogP contribution in [0.2, 0.25) is 0 Å². The van der Waals surface area contributed by atoms with Crippen LogP contribution < -0.4 is 0 Å². The zero-order valence-corrected chi connectivity index (χ0v) is 32.4. The lowest BCUT2D eigenvalue weighted by molar-refractivity contribution is 0.551. The lowest BCUT2D eigenvalue weighted by Gasteiger charge is -2.32. The van der Waals surface area contributed by atoms with Crippen molar-refractivity contribution in [2.24, 2.45) is 0 Å². The Bertz CT molecular complexity index is 2110. The van der Waals surface area contributed by atoms with Crippen LogP contribution in [0, 0.1) is 0 Å².